The summed E-state index contributed by atoms with van der Waals surface area (Å²) in [5.41, 5.74) is 2.91. The highest BCUT2D eigenvalue weighted by molar-refractivity contribution is 5.93. The number of anilines is 1. The van der Waals surface area contributed by atoms with Gasteiger partial charge in [-0.3, -0.25) is 10.00 Å². The molecule has 0 saturated carbocycles. The van der Waals surface area contributed by atoms with E-state index in [0.717, 1.165) is 42.1 Å². The van der Waals surface area contributed by atoms with Crippen LogP contribution in [0.3, 0.4) is 0 Å². The number of rotatable bonds is 5. The maximum absolute atomic E-state index is 12.9. The van der Waals surface area contributed by atoms with Crippen molar-refractivity contribution in [2.75, 3.05) is 25.0 Å². The van der Waals surface area contributed by atoms with Crippen LogP contribution in [0.4, 0.5) is 10.6 Å². The maximum atomic E-state index is 12.9. The normalized spacial score (nSPS) is 17.1. The van der Waals surface area contributed by atoms with Gasteiger partial charge >= 0.3 is 6.03 Å². The molecular weight excluding hydrogens is 328 g/mol. The van der Waals surface area contributed by atoms with Crippen molar-refractivity contribution in [1.29, 1.82) is 0 Å². The highest BCUT2D eigenvalue weighted by Crippen LogP contribution is 2.31. The number of nitrogens with one attached hydrogen (secondary N) is 1. The predicted octanol–water partition coefficient (Wildman–Crippen LogP) is 3.82. The van der Waals surface area contributed by atoms with E-state index in [1.54, 1.807) is 4.68 Å². The summed E-state index contributed by atoms with van der Waals surface area (Å²) in [6.07, 6.45) is 3.44. The molecule has 1 saturated heterocycles. The second-order valence-corrected chi connectivity index (χ2v) is 6.76. The second-order valence-electron chi connectivity index (χ2n) is 6.76. The van der Waals surface area contributed by atoms with Crippen LogP contribution >= 0.6 is 0 Å². The van der Waals surface area contributed by atoms with Crippen molar-refractivity contribution in [2.24, 2.45) is 7.05 Å². The van der Waals surface area contributed by atoms with E-state index >= 15 is 0 Å². The van der Waals surface area contributed by atoms with Crippen LogP contribution in [0, 0.1) is 6.92 Å². The zero-order valence-corrected chi connectivity index (χ0v) is 15.9. The van der Waals surface area contributed by atoms with Crippen molar-refractivity contribution >= 4 is 11.8 Å². The molecule has 6 heteroatoms. The molecule has 0 spiro atoms. The third-order valence-electron chi connectivity index (χ3n) is 4.88. The zero-order valence-electron chi connectivity index (χ0n) is 15.9. The lowest BCUT2D eigenvalue weighted by Gasteiger charge is -2.29. The van der Waals surface area contributed by atoms with Crippen molar-refractivity contribution < 1.29 is 9.53 Å². The van der Waals surface area contributed by atoms with Gasteiger partial charge < -0.3 is 9.64 Å². The largest absolute Gasteiger partial charge is 0.376 e. The number of aryl methyl sites for hydroxylation is 2. The number of aromatic nitrogens is 2. The van der Waals surface area contributed by atoms with Crippen LogP contribution in [0.25, 0.3) is 11.1 Å². The Morgan fingerprint density at radius 3 is 2.77 bits per heavy atom. The third-order valence-corrected chi connectivity index (χ3v) is 4.88. The minimum atomic E-state index is -0.109. The highest BCUT2D eigenvalue weighted by Gasteiger charge is 2.23. The molecule has 3 rings (SSSR count). The average molecular weight is 356 g/mol. The van der Waals surface area contributed by atoms with Crippen LogP contribution in [-0.4, -0.2) is 46.5 Å². The van der Waals surface area contributed by atoms with Crippen molar-refractivity contribution in [2.45, 2.75) is 39.2 Å². The van der Waals surface area contributed by atoms with Crippen molar-refractivity contribution in [1.82, 2.24) is 14.7 Å². The fourth-order valence-corrected chi connectivity index (χ4v) is 3.49. The fourth-order valence-electron chi connectivity index (χ4n) is 3.49. The van der Waals surface area contributed by atoms with Crippen LogP contribution in [0.5, 0.6) is 0 Å². The lowest BCUT2D eigenvalue weighted by molar-refractivity contribution is 0.00220. The first-order valence-electron chi connectivity index (χ1n) is 9.36. The van der Waals surface area contributed by atoms with Gasteiger partial charge in [-0.25, -0.2) is 4.79 Å². The fraction of sp³-hybridized carbons (Fsp3) is 0.500. The maximum Gasteiger partial charge on any atom is 0.323 e. The van der Waals surface area contributed by atoms with E-state index in [-0.39, 0.29) is 12.1 Å². The number of benzene rings is 1. The number of hydrogen-bond donors (Lipinski definition) is 1. The van der Waals surface area contributed by atoms with Crippen molar-refractivity contribution in [3.63, 3.8) is 0 Å². The van der Waals surface area contributed by atoms with Gasteiger partial charge in [0, 0.05) is 32.3 Å². The number of carbonyl (C=O) groups excluding carboxylic acids is 1. The molecule has 1 aromatic carbocycles. The zero-order chi connectivity index (χ0) is 18.5. The van der Waals surface area contributed by atoms with Gasteiger partial charge in [0.2, 0.25) is 0 Å². The van der Waals surface area contributed by atoms with E-state index in [1.165, 1.54) is 6.42 Å². The molecule has 1 N–H and O–H groups in total. The minimum absolute atomic E-state index is 0.109. The Kier molecular flexibility index (Phi) is 5.93. The van der Waals surface area contributed by atoms with Crippen LogP contribution in [0.2, 0.25) is 0 Å². The van der Waals surface area contributed by atoms with Crippen LogP contribution in [0.1, 0.15) is 31.9 Å². The van der Waals surface area contributed by atoms with E-state index in [0.29, 0.717) is 13.1 Å². The van der Waals surface area contributed by atoms with E-state index in [1.807, 2.05) is 56.1 Å². The molecule has 1 atom stereocenters. The molecule has 1 fully saturated rings. The molecule has 1 aliphatic heterocycles. The third kappa shape index (κ3) is 4.07. The molecule has 0 bridgehead atoms. The molecule has 0 radical (unpaired) electrons. The SMILES string of the molecule is CCN(C[C@H]1CCCCO1)C(=O)Nc1c(-c2ccccc2)c(C)nn1C. The Morgan fingerprint density at radius 2 is 2.12 bits per heavy atom. The summed E-state index contributed by atoms with van der Waals surface area (Å²) in [5, 5.41) is 7.57. The lowest BCUT2D eigenvalue weighted by Crippen LogP contribution is -2.42. The van der Waals surface area contributed by atoms with Crippen LogP contribution in [0.15, 0.2) is 30.3 Å². The second kappa shape index (κ2) is 8.36. The number of carbonyl (C=O) groups is 1. The Bertz CT molecular complexity index is 736. The Morgan fingerprint density at radius 1 is 1.35 bits per heavy atom. The summed E-state index contributed by atoms with van der Waals surface area (Å²) >= 11 is 0. The molecule has 1 aromatic heterocycles. The molecule has 26 heavy (non-hydrogen) atoms. The van der Waals surface area contributed by atoms with Gasteiger partial charge in [0.1, 0.15) is 5.82 Å². The van der Waals surface area contributed by atoms with E-state index in [9.17, 15) is 4.79 Å². The molecule has 2 amide bonds. The van der Waals surface area contributed by atoms with Gasteiger partial charge in [0.15, 0.2) is 0 Å². The minimum Gasteiger partial charge on any atom is -0.376 e. The molecule has 140 valence electrons. The summed E-state index contributed by atoms with van der Waals surface area (Å²) in [7, 11) is 1.86. The Hall–Kier alpha value is -2.34. The highest BCUT2D eigenvalue weighted by atomic mass is 16.5. The Balaban J connectivity index is 1.78. The monoisotopic (exact) mass is 356 g/mol. The summed E-state index contributed by atoms with van der Waals surface area (Å²) in [4.78, 5) is 14.7. The summed E-state index contributed by atoms with van der Waals surface area (Å²) < 4.78 is 7.53. The van der Waals surface area contributed by atoms with Gasteiger partial charge in [-0.05, 0) is 38.7 Å². The molecule has 0 aliphatic carbocycles. The van der Waals surface area contributed by atoms with Gasteiger partial charge in [-0.1, -0.05) is 30.3 Å². The van der Waals surface area contributed by atoms with Gasteiger partial charge in [0.05, 0.1) is 11.8 Å². The topological polar surface area (TPSA) is 59.4 Å². The van der Waals surface area contributed by atoms with E-state index < -0.39 is 0 Å². The molecule has 2 aromatic rings. The van der Waals surface area contributed by atoms with Crippen LogP contribution < -0.4 is 5.32 Å². The first-order valence-corrected chi connectivity index (χ1v) is 9.36. The van der Waals surface area contributed by atoms with E-state index in [2.05, 4.69) is 10.4 Å². The number of likely N-dealkylation sites (N-methyl/N-ethyl adjacent to an activating group) is 1. The quantitative estimate of drug-likeness (QED) is 0.886. The smallest absolute Gasteiger partial charge is 0.323 e. The number of amides is 2. The van der Waals surface area contributed by atoms with Gasteiger partial charge in [-0.15, -0.1) is 0 Å². The molecule has 6 nitrogen and oxygen atoms in total. The number of nitrogens with zero attached hydrogens (tertiary/aromatic N) is 3. The summed E-state index contributed by atoms with van der Waals surface area (Å²) in [6, 6.07) is 9.93. The Labute approximate surface area is 155 Å². The van der Waals surface area contributed by atoms with Gasteiger partial charge in [-0.2, -0.15) is 5.10 Å². The van der Waals surface area contributed by atoms with Crippen LogP contribution in [-0.2, 0) is 11.8 Å². The molecule has 0 unspecified atom stereocenters. The first kappa shape index (κ1) is 18.5. The standard InChI is InChI=1S/C20H28N4O2/c1-4-24(14-17-12-8-9-13-26-17)20(25)21-19-18(15(2)22-23(19)3)16-10-6-5-7-11-16/h5-7,10-11,17H,4,8-9,12-14H2,1-3H3,(H,21,25)/t17-/m1/s1. The molecule has 1 aliphatic rings. The van der Waals surface area contributed by atoms with Crippen molar-refractivity contribution in [3.8, 4) is 11.1 Å². The van der Waals surface area contributed by atoms with E-state index in [4.69, 9.17) is 4.74 Å². The summed E-state index contributed by atoms with van der Waals surface area (Å²) in [6.45, 7) is 6.02. The predicted molar refractivity (Wildman–Crippen MR) is 103 cm³/mol. The first-order chi connectivity index (χ1) is 12.6. The lowest BCUT2D eigenvalue weighted by atomic mass is 10.1. The number of ether oxygens (including phenoxy) is 1. The van der Waals surface area contributed by atoms with Gasteiger partial charge in [0.25, 0.3) is 0 Å². The van der Waals surface area contributed by atoms with Crippen molar-refractivity contribution in [3.05, 3.63) is 36.0 Å². The summed E-state index contributed by atoms with van der Waals surface area (Å²) in [5.74, 6) is 0.724. The molecular formula is C20H28N4O2. The number of urea groups is 1. The number of hydrogen-bond acceptors (Lipinski definition) is 3. The molecule has 2 heterocycles. The average Bonchev–Trinajstić information content (AvgIpc) is 2.94.